The van der Waals surface area contributed by atoms with E-state index in [0.29, 0.717) is 6.61 Å². The van der Waals surface area contributed by atoms with Crippen LogP contribution in [-0.2, 0) is 9.53 Å². The van der Waals surface area contributed by atoms with Gasteiger partial charge in [0, 0.05) is 0 Å². The zero-order chi connectivity index (χ0) is 22.7. The van der Waals surface area contributed by atoms with Crippen LogP contribution >= 0.6 is 12.6 Å². The van der Waals surface area contributed by atoms with Crippen LogP contribution in [-0.4, -0.2) is 39.5 Å². The van der Waals surface area contributed by atoms with E-state index in [1.54, 1.807) is 21.7 Å². The summed E-state index contributed by atoms with van der Waals surface area (Å²) in [5.41, 5.74) is 0. The molecule has 0 unspecified atom stereocenters. The summed E-state index contributed by atoms with van der Waals surface area (Å²) in [5, 5.41) is 0. The van der Waals surface area contributed by atoms with Crippen LogP contribution < -0.4 is 0 Å². The molecule has 180 valence electrons. The second-order valence-electron chi connectivity index (χ2n) is 8.91. The predicted octanol–water partition coefficient (Wildman–Crippen LogP) is 8.92. The Kier molecular flexibility index (Phi) is 32.4. The summed E-state index contributed by atoms with van der Waals surface area (Å²) in [6.45, 7) is 9.60. The predicted molar refractivity (Wildman–Crippen MR) is 140 cm³/mol. The first kappa shape index (κ1) is 32.8. The number of hydrogen-bond acceptors (Lipinski definition) is 3. The van der Waals surface area contributed by atoms with Crippen LogP contribution in [0.1, 0.15) is 130 Å². The second-order valence-corrected chi connectivity index (χ2v) is 13.5. The number of ether oxygens (including phenoxy) is 1. The van der Waals surface area contributed by atoms with E-state index in [-0.39, 0.29) is 32.9 Å². The Morgan fingerprint density at radius 2 is 1.20 bits per heavy atom. The summed E-state index contributed by atoms with van der Waals surface area (Å²) < 4.78 is 8.20. The Morgan fingerprint density at radius 3 is 1.67 bits per heavy atom. The molecule has 2 radical (unpaired) electrons. The van der Waals surface area contributed by atoms with E-state index in [9.17, 15) is 4.79 Å². The molecule has 0 aliphatic carbocycles. The number of hydrogen-bond donors (Lipinski definition) is 1. The fourth-order valence-electron chi connectivity index (χ4n) is 3.25. The average molecular weight is 549 g/mol. The van der Waals surface area contributed by atoms with Crippen molar-refractivity contribution in [2.75, 3.05) is 12.4 Å². The Labute approximate surface area is 206 Å². The average Bonchev–Trinajstić information content (AvgIpc) is 2.74. The van der Waals surface area contributed by atoms with Gasteiger partial charge >= 0.3 is 127 Å². The maximum absolute atomic E-state index is 10.7. The molecule has 0 spiro atoms. The van der Waals surface area contributed by atoms with E-state index in [4.69, 9.17) is 4.74 Å². The van der Waals surface area contributed by atoms with Crippen LogP contribution in [0.4, 0.5) is 0 Å². The third-order valence-electron chi connectivity index (χ3n) is 5.23. The van der Waals surface area contributed by atoms with Crippen molar-refractivity contribution in [3.63, 3.8) is 0 Å². The number of carbonyl (C=O) groups excluding carboxylic acids is 1. The van der Waals surface area contributed by atoms with Crippen molar-refractivity contribution >= 4 is 39.7 Å². The molecule has 0 fully saturated rings. The van der Waals surface area contributed by atoms with Gasteiger partial charge in [-0.25, -0.2) is 0 Å². The van der Waals surface area contributed by atoms with Gasteiger partial charge in [-0.3, -0.25) is 4.79 Å². The molecule has 4 heteroatoms. The molecule has 0 rings (SSSR count). The zero-order valence-electron chi connectivity index (χ0n) is 21.0. The van der Waals surface area contributed by atoms with Crippen molar-refractivity contribution in [2.45, 2.75) is 139 Å². The van der Waals surface area contributed by atoms with Gasteiger partial charge in [0.25, 0.3) is 0 Å². The van der Waals surface area contributed by atoms with Crippen molar-refractivity contribution in [2.24, 2.45) is 5.92 Å². The fraction of sp³-hybridized carbons (Fsp3) is 0.962. The molecule has 0 aromatic carbocycles. The van der Waals surface area contributed by atoms with Crippen LogP contribution in [0.5, 0.6) is 0 Å². The molecule has 0 atom stereocenters. The number of carbonyl (C=O) groups is 1. The molecule has 0 bridgehead atoms. The standard InChI is InChI=1S/C10H20O2S.2C8H17.Sn/c1-9(2)6-4-3-5-7-12-10(11)8-13;2*1-3-5-7-8-6-4-2;/h9,13H,3-8H2,1-2H3;2*1,3-8H2,2H3;. The van der Waals surface area contributed by atoms with E-state index in [1.165, 1.54) is 77.0 Å². The van der Waals surface area contributed by atoms with Gasteiger partial charge in [0.1, 0.15) is 0 Å². The molecule has 2 nitrogen and oxygen atoms in total. The molecule has 0 amide bonds. The molecular weight excluding hydrogens is 495 g/mol. The zero-order valence-corrected chi connectivity index (χ0v) is 24.7. The molecule has 0 aromatic heterocycles. The first-order valence-corrected chi connectivity index (χ1v) is 17.7. The van der Waals surface area contributed by atoms with E-state index in [1.807, 2.05) is 0 Å². The quantitative estimate of drug-likeness (QED) is 0.0670. The number of esters is 1. The van der Waals surface area contributed by atoms with E-state index >= 15 is 0 Å². The monoisotopic (exact) mass is 550 g/mol. The number of rotatable bonds is 21. The van der Waals surface area contributed by atoms with Gasteiger partial charge in [-0.1, -0.05) is 33.1 Å². The normalized spacial score (nSPS) is 10.7. The van der Waals surface area contributed by atoms with Crippen molar-refractivity contribution in [1.82, 2.24) is 0 Å². The van der Waals surface area contributed by atoms with Crippen molar-refractivity contribution in [3.8, 4) is 0 Å². The number of thiol groups is 1. The maximum atomic E-state index is 10.7. The third-order valence-corrected chi connectivity index (χ3v) is 9.53. The number of unbranched alkanes of at least 4 members (excludes halogenated alkanes) is 12. The molecule has 30 heavy (non-hydrogen) atoms. The van der Waals surface area contributed by atoms with Crippen LogP contribution in [0.25, 0.3) is 0 Å². The van der Waals surface area contributed by atoms with Crippen LogP contribution in [0, 0.1) is 5.92 Å². The fourth-order valence-corrected chi connectivity index (χ4v) is 6.91. The minimum atomic E-state index is -0.216. The molecule has 0 saturated carbocycles. The Balaban J connectivity index is 0. The van der Waals surface area contributed by atoms with Crippen molar-refractivity contribution < 1.29 is 9.53 Å². The molecule has 0 saturated heterocycles. The summed E-state index contributed by atoms with van der Waals surface area (Å²) in [7, 11) is 0. The molecule has 0 aliphatic heterocycles. The summed E-state index contributed by atoms with van der Waals surface area (Å²) in [4.78, 5) is 10.7. The van der Waals surface area contributed by atoms with Gasteiger partial charge < -0.3 is 4.74 Å². The summed E-state index contributed by atoms with van der Waals surface area (Å²) in [6.07, 6.45) is 22.5. The van der Waals surface area contributed by atoms with Crippen LogP contribution in [0.15, 0.2) is 0 Å². The van der Waals surface area contributed by atoms with Gasteiger partial charge in [-0.05, 0) is 12.3 Å². The van der Waals surface area contributed by atoms with E-state index in [0.717, 1.165) is 18.8 Å². The molecule has 0 N–H and O–H groups in total. The van der Waals surface area contributed by atoms with Gasteiger partial charge in [0.2, 0.25) is 0 Å². The third kappa shape index (κ3) is 33.3. The molecule has 0 aliphatic rings. The van der Waals surface area contributed by atoms with Crippen molar-refractivity contribution in [1.29, 1.82) is 0 Å². The molecular formula is C26H54O2SSn. The Morgan fingerprint density at radius 1 is 0.733 bits per heavy atom. The van der Waals surface area contributed by atoms with Gasteiger partial charge in [-0.15, -0.1) is 0 Å². The second kappa shape index (κ2) is 29.6. The summed E-state index contributed by atoms with van der Waals surface area (Å²) in [5.74, 6) is 0.749. The first-order chi connectivity index (χ1) is 14.6. The van der Waals surface area contributed by atoms with Crippen LogP contribution in [0.2, 0.25) is 8.87 Å². The van der Waals surface area contributed by atoms with Gasteiger partial charge in [-0.2, -0.15) is 12.6 Å². The molecule has 0 aromatic rings. The SMILES string of the molecule is CC(C)CCCCCOC(=O)CS.CCCCCCC[CH2][Sn][CH2]CCCCCCC. The molecule has 0 heterocycles. The first-order valence-electron chi connectivity index (χ1n) is 13.1. The van der Waals surface area contributed by atoms with E-state index < -0.39 is 0 Å². The summed E-state index contributed by atoms with van der Waals surface area (Å²) in [6, 6.07) is 0. The van der Waals surface area contributed by atoms with Gasteiger partial charge in [0.15, 0.2) is 0 Å². The van der Waals surface area contributed by atoms with Crippen LogP contribution in [0.3, 0.4) is 0 Å². The Hall–Kier alpha value is 0.619. The van der Waals surface area contributed by atoms with E-state index in [2.05, 4.69) is 40.3 Å². The van der Waals surface area contributed by atoms with Crippen molar-refractivity contribution in [3.05, 3.63) is 0 Å². The topological polar surface area (TPSA) is 26.3 Å². The minimum absolute atomic E-state index is 0.0736. The summed E-state index contributed by atoms with van der Waals surface area (Å²) >= 11 is 3.88. The van der Waals surface area contributed by atoms with Gasteiger partial charge in [0.05, 0.1) is 12.4 Å². The Bertz CT molecular complexity index is 310.